The van der Waals surface area contributed by atoms with Crippen LogP contribution >= 0.6 is 11.3 Å². The van der Waals surface area contributed by atoms with Gasteiger partial charge in [0.1, 0.15) is 10.8 Å². The smallest absolute Gasteiger partial charge is 0.291 e. The third-order valence-corrected chi connectivity index (χ3v) is 5.85. The number of carbonyl (C=O) groups is 1. The van der Waals surface area contributed by atoms with Crippen molar-refractivity contribution < 1.29 is 9.21 Å². The summed E-state index contributed by atoms with van der Waals surface area (Å²) in [6.45, 7) is 4.06. The van der Waals surface area contributed by atoms with E-state index in [2.05, 4.69) is 33.6 Å². The van der Waals surface area contributed by atoms with Gasteiger partial charge in [0.15, 0.2) is 5.76 Å². The lowest BCUT2D eigenvalue weighted by molar-refractivity contribution is 0.0997. The number of pyridine rings is 2. The van der Waals surface area contributed by atoms with E-state index in [1.54, 1.807) is 29.7 Å². The average molecular weight is 419 g/mol. The van der Waals surface area contributed by atoms with Crippen molar-refractivity contribution in [1.82, 2.24) is 9.97 Å². The molecule has 0 aliphatic heterocycles. The van der Waals surface area contributed by atoms with Crippen LogP contribution in [-0.4, -0.2) is 15.9 Å². The Bertz CT molecular complexity index is 1120. The van der Waals surface area contributed by atoms with E-state index in [1.165, 1.54) is 11.1 Å². The summed E-state index contributed by atoms with van der Waals surface area (Å²) in [5, 5.41) is 7.32. The SMILES string of the molecule is CCc1cc([C@H](Nc2cccc(C)n2)c2cccnc2)c(NC(=O)c2ccco2)s1. The normalized spacial score (nSPS) is 11.8. The van der Waals surface area contributed by atoms with Gasteiger partial charge in [-0.05, 0) is 55.3 Å². The van der Waals surface area contributed by atoms with Gasteiger partial charge < -0.3 is 15.1 Å². The second-order valence-corrected chi connectivity index (χ2v) is 7.95. The first-order chi connectivity index (χ1) is 14.6. The number of aryl methyl sites for hydroxylation is 2. The van der Waals surface area contributed by atoms with Gasteiger partial charge in [0.05, 0.1) is 12.3 Å². The van der Waals surface area contributed by atoms with E-state index in [4.69, 9.17) is 4.42 Å². The van der Waals surface area contributed by atoms with Crippen LogP contribution in [0.1, 0.15) is 45.2 Å². The van der Waals surface area contributed by atoms with Crippen LogP contribution in [0.2, 0.25) is 0 Å². The fourth-order valence-corrected chi connectivity index (χ4v) is 4.21. The number of hydrogen-bond donors (Lipinski definition) is 2. The molecule has 2 N–H and O–H groups in total. The molecule has 152 valence electrons. The van der Waals surface area contributed by atoms with Crippen LogP contribution in [-0.2, 0) is 6.42 Å². The third-order valence-electron chi connectivity index (χ3n) is 4.64. The highest BCUT2D eigenvalue weighted by atomic mass is 32.1. The fraction of sp³-hybridized carbons (Fsp3) is 0.174. The van der Waals surface area contributed by atoms with Crippen LogP contribution < -0.4 is 10.6 Å². The van der Waals surface area contributed by atoms with E-state index < -0.39 is 0 Å². The van der Waals surface area contributed by atoms with Crippen LogP contribution in [0.5, 0.6) is 0 Å². The number of hydrogen-bond acceptors (Lipinski definition) is 6. The molecule has 0 aliphatic rings. The van der Waals surface area contributed by atoms with Gasteiger partial charge in [-0.15, -0.1) is 11.3 Å². The van der Waals surface area contributed by atoms with Gasteiger partial charge in [-0.3, -0.25) is 9.78 Å². The molecule has 0 bridgehead atoms. The molecule has 4 heterocycles. The maximum absolute atomic E-state index is 12.6. The molecule has 4 aromatic rings. The molecule has 0 saturated carbocycles. The predicted molar refractivity (Wildman–Crippen MR) is 119 cm³/mol. The molecule has 0 aromatic carbocycles. The molecule has 0 radical (unpaired) electrons. The van der Waals surface area contributed by atoms with Gasteiger partial charge in [0, 0.05) is 28.5 Å². The molecule has 1 amide bonds. The van der Waals surface area contributed by atoms with Crippen molar-refractivity contribution >= 4 is 28.1 Å². The summed E-state index contributed by atoms with van der Waals surface area (Å²) in [7, 11) is 0. The van der Waals surface area contributed by atoms with Gasteiger partial charge in [0.25, 0.3) is 5.91 Å². The van der Waals surface area contributed by atoms with E-state index in [0.29, 0.717) is 0 Å². The summed E-state index contributed by atoms with van der Waals surface area (Å²) < 4.78 is 5.25. The topological polar surface area (TPSA) is 80.0 Å². The van der Waals surface area contributed by atoms with Gasteiger partial charge in [-0.25, -0.2) is 4.98 Å². The average Bonchev–Trinajstić information content (AvgIpc) is 3.43. The number of aromatic nitrogens is 2. The summed E-state index contributed by atoms with van der Waals surface area (Å²) in [5.74, 6) is 0.763. The minimum Gasteiger partial charge on any atom is -0.459 e. The molecule has 0 spiro atoms. The van der Waals surface area contributed by atoms with E-state index in [1.807, 2.05) is 43.5 Å². The van der Waals surface area contributed by atoms with Gasteiger partial charge in [-0.2, -0.15) is 0 Å². The first kappa shape index (κ1) is 19.8. The standard InChI is InChI=1S/C23H22N4O2S/c1-3-17-13-18(23(30-17)27-22(28)19-9-6-12-29-19)21(16-8-5-11-24-14-16)26-20-10-4-7-15(2)25-20/h4-14,21H,3H2,1-2H3,(H,25,26)(H,27,28)/t21-/m1/s1. The molecule has 7 heteroatoms. The van der Waals surface area contributed by atoms with Gasteiger partial charge in [-0.1, -0.05) is 19.1 Å². The molecular weight excluding hydrogens is 396 g/mol. The van der Waals surface area contributed by atoms with Crippen molar-refractivity contribution in [2.24, 2.45) is 0 Å². The molecule has 1 atom stereocenters. The third kappa shape index (κ3) is 4.41. The lowest BCUT2D eigenvalue weighted by Crippen LogP contribution is -2.17. The van der Waals surface area contributed by atoms with Crippen LogP contribution in [0.3, 0.4) is 0 Å². The van der Waals surface area contributed by atoms with Crippen molar-refractivity contribution in [2.45, 2.75) is 26.3 Å². The maximum Gasteiger partial charge on any atom is 0.291 e. The molecule has 4 rings (SSSR count). The van der Waals surface area contributed by atoms with Crippen molar-refractivity contribution in [2.75, 3.05) is 10.6 Å². The lowest BCUT2D eigenvalue weighted by atomic mass is 10.0. The summed E-state index contributed by atoms with van der Waals surface area (Å²) in [5.41, 5.74) is 2.87. The van der Waals surface area contributed by atoms with E-state index in [9.17, 15) is 4.79 Å². The van der Waals surface area contributed by atoms with Crippen molar-refractivity contribution in [3.05, 3.63) is 94.6 Å². The highest BCUT2D eigenvalue weighted by Crippen LogP contribution is 2.38. The quantitative estimate of drug-likeness (QED) is 0.417. The summed E-state index contributed by atoms with van der Waals surface area (Å²) in [4.78, 5) is 22.7. The minimum absolute atomic E-state index is 0.226. The molecule has 0 unspecified atom stereocenters. The number of furan rings is 1. The lowest BCUT2D eigenvalue weighted by Gasteiger charge is -2.21. The molecule has 0 saturated heterocycles. The van der Waals surface area contributed by atoms with E-state index in [-0.39, 0.29) is 17.7 Å². The van der Waals surface area contributed by atoms with Crippen molar-refractivity contribution in [1.29, 1.82) is 0 Å². The largest absolute Gasteiger partial charge is 0.459 e. The number of thiophene rings is 1. The van der Waals surface area contributed by atoms with Crippen LogP contribution in [0.15, 0.2) is 71.6 Å². The molecule has 4 aromatic heterocycles. The van der Waals surface area contributed by atoms with Gasteiger partial charge in [0.2, 0.25) is 0 Å². The molecule has 30 heavy (non-hydrogen) atoms. The molecule has 0 fully saturated rings. The Balaban J connectivity index is 1.74. The first-order valence-corrected chi connectivity index (χ1v) is 10.5. The molecule has 6 nitrogen and oxygen atoms in total. The Morgan fingerprint density at radius 1 is 1.20 bits per heavy atom. The van der Waals surface area contributed by atoms with E-state index in [0.717, 1.165) is 34.1 Å². The Hall–Kier alpha value is -3.45. The fourth-order valence-electron chi connectivity index (χ4n) is 3.18. The second kappa shape index (κ2) is 8.92. The number of nitrogens with one attached hydrogen (secondary N) is 2. The van der Waals surface area contributed by atoms with Crippen LogP contribution in [0, 0.1) is 6.92 Å². The minimum atomic E-state index is -0.274. The second-order valence-electron chi connectivity index (χ2n) is 6.81. The Morgan fingerprint density at radius 3 is 2.80 bits per heavy atom. The van der Waals surface area contributed by atoms with Crippen molar-refractivity contribution in [3.8, 4) is 0 Å². The zero-order valence-corrected chi connectivity index (χ0v) is 17.6. The Kier molecular flexibility index (Phi) is 5.90. The predicted octanol–water partition coefficient (Wildman–Crippen LogP) is 5.46. The highest BCUT2D eigenvalue weighted by molar-refractivity contribution is 7.16. The summed E-state index contributed by atoms with van der Waals surface area (Å²) >= 11 is 1.57. The summed E-state index contributed by atoms with van der Waals surface area (Å²) in [6.07, 6.45) is 5.94. The Labute approximate surface area is 179 Å². The maximum atomic E-state index is 12.6. The zero-order valence-electron chi connectivity index (χ0n) is 16.8. The monoisotopic (exact) mass is 418 g/mol. The number of anilines is 2. The number of amides is 1. The van der Waals surface area contributed by atoms with Crippen LogP contribution in [0.4, 0.5) is 10.8 Å². The molecular formula is C23H22N4O2S. The summed E-state index contributed by atoms with van der Waals surface area (Å²) in [6, 6.07) is 15.0. The number of rotatable bonds is 7. The van der Waals surface area contributed by atoms with Crippen LogP contribution in [0.25, 0.3) is 0 Å². The zero-order chi connectivity index (χ0) is 20.9. The number of carbonyl (C=O) groups excluding carboxylic acids is 1. The van der Waals surface area contributed by atoms with Gasteiger partial charge >= 0.3 is 0 Å². The Morgan fingerprint density at radius 2 is 2.10 bits per heavy atom. The van der Waals surface area contributed by atoms with E-state index >= 15 is 0 Å². The van der Waals surface area contributed by atoms with Crippen molar-refractivity contribution in [3.63, 3.8) is 0 Å². The molecule has 0 aliphatic carbocycles. The number of nitrogens with zero attached hydrogens (tertiary/aromatic N) is 2. The first-order valence-electron chi connectivity index (χ1n) is 9.71. The highest BCUT2D eigenvalue weighted by Gasteiger charge is 2.23.